The number of hydrogen-bond donors (Lipinski definition) is 0. The fraction of sp³-hybridized carbons (Fsp3) is 0.333. The van der Waals surface area contributed by atoms with Crippen molar-refractivity contribution in [3.05, 3.63) is 58.5 Å². The Morgan fingerprint density at radius 2 is 2.10 bits per heavy atom. The molecule has 0 N–H and O–H groups in total. The summed E-state index contributed by atoms with van der Waals surface area (Å²) in [6.45, 7) is 5.55. The zero-order chi connectivity index (χ0) is 21.6. The maximum Gasteiger partial charge on any atom is 0.340 e. The third kappa shape index (κ3) is 5.78. The van der Waals surface area contributed by atoms with Crippen LogP contribution in [0.3, 0.4) is 0 Å². The minimum absolute atomic E-state index is 0.183. The fourth-order valence-corrected chi connectivity index (χ4v) is 3.72. The van der Waals surface area contributed by atoms with Gasteiger partial charge in [0.1, 0.15) is 16.9 Å². The van der Waals surface area contributed by atoms with Crippen molar-refractivity contribution < 1.29 is 18.7 Å². The van der Waals surface area contributed by atoms with Gasteiger partial charge in [-0.05, 0) is 44.5 Å². The van der Waals surface area contributed by atoms with Crippen LogP contribution in [0.5, 0.6) is 0 Å². The van der Waals surface area contributed by atoms with Crippen molar-refractivity contribution in [1.29, 1.82) is 5.26 Å². The molecule has 0 saturated carbocycles. The second kappa shape index (κ2) is 10.0. The summed E-state index contributed by atoms with van der Waals surface area (Å²) in [6.07, 6.45) is 0. The Bertz CT molecular complexity index is 959. The van der Waals surface area contributed by atoms with Gasteiger partial charge in [0.2, 0.25) is 5.91 Å². The quantitative estimate of drug-likeness (QED) is 0.506. The molecule has 0 aliphatic heterocycles. The predicted octanol–water partition coefficient (Wildman–Crippen LogP) is 3.72. The van der Waals surface area contributed by atoms with Gasteiger partial charge in [-0.2, -0.15) is 5.26 Å². The molecular formula is C21H22FN3O3S. The number of amides is 1. The average Bonchev–Trinajstić information content (AvgIpc) is 2.67. The zero-order valence-corrected chi connectivity index (χ0v) is 17.5. The van der Waals surface area contributed by atoms with Crippen LogP contribution in [-0.2, 0) is 16.1 Å². The number of aryl methyl sites for hydroxylation is 1. The molecule has 6 nitrogen and oxygen atoms in total. The van der Waals surface area contributed by atoms with E-state index in [9.17, 15) is 19.2 Å². The van der Waals surface area contributed by atoms with Crippen LogP contribution in [-0.4, -0.2) is 40.7 Å². The topological polar surface area (TPSA) is 83.3 Å². The predicted molar refractivity (Wildman–Crippen MR) is 108 cm³/mol. The number of aromatic nitrogens is 1. The summed E-state index contributed by atoms with van der Waals surface area (Å²) in [5.41, 5.74) is 1.55. The maximum atomic E-state index is 13.3. The molecule has 2 rings (SSSR count). The second-order valence-corrected chi connectivity index (χ2v) is 7.72. The number of ether oxygens (including phenoxy) is 1. The average molecular weight is 415 g/mol. The molecule has 1 aromatic carbocycles. The highest BCUT2D eigenvalue weighted by atomic mass is 32.2. The Hall–Kier alpha value is -2.92. The van der Waals surface area contributed by atoms with E-state index in [4.69, 9.17) is 4.74 Å². The summed E-state index contributed by atoms with van der Waals surface area (Å²) in [5.74, 6) is -1.08. The van der Waals surface area contributed by atoms with E-state index in [1.165, 1.54) is 23.1 Å². The Kier molecular flexibility index (Phi) is 7.74. The van der Waals surface area contributed by atoms with Crippen molar-refractivity contribution >= 4 is 23.6 Å². The van der Waals surface area contributed by atoms with Crippen molar-refractivity contribution in [2.75, 3.05) is 13.7 Å². The van der Waals surface area contributed by atoms with Gasteiger partial charge in [0.25, 0.3) is 0 Å². The van der Waals surface area contributed by atoms with Crippen LogP contribution < -0.4 is 0 Å². The molecule has 1 atom stereocenters. The molecule has 0 aliphatic rings. The molecule has 0 bridgehead atoms. The van der Waals surface area contributed by atoms with Crippen molar-refractivity contribution in [3.63, 3.8) is 0 Å². The lowest BCUT2D eigenvalue weighted by Crippen LogP contribution is -2.32. The third-order valence-electron chi connectivity index (χ3n) is 4.12. The summed E-state index contributed by atoms with van der Waals surface area (Å²) in [7, 11) is 1.64. The molecule has 29 heavy (non-hydrogen) atoms. The van der Waals surface area contributed by atoms with Crippen molar-refractivity contribution in [3.8, 4) is 6.07 Å². The van der Waals surface area contributed by atoms with Gasteiger partial charge in [-0.3, -0.25) is 4.79 Å². The lowest BCUT2D eigenvalue weighted by molar-refractivity contribution is -0.129. The molecule has 8 heteroatoms. The van der Waals surface area contributed by atoms with Crippen LogP contribution in [0.25, 0.3) is 0 Å². The zero-order valence-electron chi connectivity index (χ0n) is 16.7. The number of pyridine rings is 1. The number of esters is 1. The van der Waals surface area contributed by atoms with Gasteiger partial charge in [0.05, 0.1) is 28.7 Å². The first-order valence-corrected chi connectivity index (χ1v) is 9.89. The van der Waals surface area contributed by atoms with Crippen LogP contribution in [0, 0.1) is 24.1 Å². The number of carbonyl (C=O) groups excluding carboxylic acids is 2. The van der Waals surface area contributed by atoms with Crippen molar-refractivity contribution in [2.45, 2.75) is 37.6 Å². The molecule has 0 fully saturated rings. The molecule has 1 unspecified atom stereocenters. The van der Waals surface area contributed by atoms with E-state index < -0.39 is 11.2 Å². The Morgan fingerprint density at radius 1 is 1.38 bits per heavy atom. The Labute approximate surface area is 173 Å². The first-order valence-electron chi connectivity index (χ1n) is 9.01. The summed E-state index contributed by atoms with van der Waals surface area (Å²) in [5, 5.41) is 9.29. The van der Waals surface area contributed by atoms with Crippen LogP contribution >= 0.6 is 11.8 Å². The summed E-state index contributed by atoms with van der Waals surface area (Å²) >= 11 is 1.14. The van der Waals surface area contributed by atoms with Crippen LogP contribution in [0.1, 0.15) is 41.0 Å². The number of benzene rings is 1. The lowest BCUT2D eigenvalue weighted by Gasteiger charge is -2.21. The minimum Gasteiger partial charge on any atom is -0.462 e. The van der Waals surface area contributed by atoms with E-state index in [0.29, 0.717) is 16.3 Å². The minimum atomic E-state index is -0.537. The number of thioether (sulfide) groups is 1. The van der Waals surface area contributed by atoms with E-state index in [2.05, 4.69) is 4.98 Å². The number of halogens is 1. The van der Waals surface area contributed by atoms with Gasteiger partial charge in [0.15, 0.2) is 0 Å². The van der Waals surface area contributed by atoms with Gasteiger partial charge in [-0.1, -0.05) is 23.9 Å². The molecular weight excluding hydrogens is 393 g/mol. The molecule has 2 aromatic rings. The molecule has 0 aliphatic carbocycles. The van der Waals surface area contributed by atoms with E-state index in [1.807, 2.05) is 6.07 Å². The Morgan fingerprint density at radius 3 is 2.72 bits per heavy atom. The maximum absolute atomic E-state index is 13.3. The summed E-state index contributed by atoms with van der Waals surface area (Å²) in [4.78, 5) is 30.5. The van der Waals surface area contributed by atoms with E-state index in [1.54, 1.807) is 40.0 Å². The number of rotatable bonds is 7. The van der Waals surface area contributed by atoms with Gasteiger partial charge in [-0.25, -0.2) is 14.2 Å². The lowest BCUT2D eigenvalue weighted by atomic mass is 10.1. The highest BCUT2D eigenvalue weighted by molar-refractivity contribution is 8.00. The normalized spacial score (nSPS) is 11.4. The summed E-state index contributed by atoms with van der Waals surface area (Å²) in [6, 6.07) is 9.54. The largest absolute Gasteiger partial charge is 0.462 e. The van der Waals surface area contributed by atoms with E-state index in [-0.39, 0.29) is 36.0 Å². The number of nitrogens with zero attached hydrogens (tertiary/aromatic N) is 3. The van der Waals surface area contributed by atoms with Crippen LogP contribution in [0.15, 0.2) is 35.4 Å². The molecule has 1 aromatic heterocycles. The number of carbonyl (C=O) groups is 2. The van der Waals surface area contributed by atoms with E-state index >= 15 is 0 Å². The Balaban J connectivity index is 2.15. The molecule has 0 spiro atoms. The van der Waals surface area contributed by atoms with Gasteiger partial charge in [-0.15, -0.1) is 0 Å². The van der Waals surface area contributed by atoms with E-state index in [0.717, 1.165) is 11.8 Å². The van der Waals surface area contributed by atoms with Crippen LogP contribution in [0.2, 0.25) is 0 Å². The third-order valence-corrected chi connectivity index (χ3v) is 5.20. The van der Waals surface area contributed by atoms with Crippen molar-refractivity contribution in [2.24, 2.45) is 0 Å². The monoisotopic (exact) mass is 415 g/mol. The highest BCUT2D eigenvalue weighted by Gasteiger charge is 2.23. The molecule has 0 radical (unpaired) electrons. The number of hydrogen-bond acceptors (Lipinski definition) is 6. The second-order valence-electron chi connectivity index (χ2n) is 6.39. The van der Waals surface area contributed by atoms with Crippen LogP contribution in [0.4, 0.5) is 4.39 Å². The molecule has 152 valence electrons. The molecule has 1 heterocycles. The SMILES string of the molecule is CCOC(=O)c1cc(C#N)c(SC(C)C(=O)N(C)Cc2cccc(F)c2)nc1C. The van der Waals surface area contributed by atoms with Gasteiger partial charge < -0.3 is 9.64 Å². The molecule has 0 saturated heterocycles. The fourth-order valence-electron chi connectivity index (χ4n) is 2.68. The van der Waals surface area contributed by atoms with Gasteiger partial charge in [0, 0.05) is 13.6 Å². The van der Waals surface area contributed by atoms with Crippen molar-refractivity contribution in [1.82, 2.24) is 9.88 Å². The van der Waals surface area contributed by atoms with Gasteiger partial charge >= 0.3 is 5.97 Å². The first kappa shape index (κ1) is 22.4. The standard InChI is InChI=1S/C21H22FN3O3S/c1-5-28-21(27)18-10-16(11-23)19(24-13(18)2)29-14(3)20(26)25(4)12-15-7-6-8-17(22)9-15/h6-10,14H,5,12H2,1-4H3. The summed E-state index contributed by atoms with van der Waals surface area (Å²) < 4.78 is 18.3. The smallest absolute Gasteiger partial charge is 0.340 e. The molecule has 1 amide bonds. The first-order chi connectivity index (χ1) is 13.8. The number of nitriles is 1. The highest BCUT2D eigenvalue weighted by Crippen LogP contribution is 2.28.